The average Bonchev–Trinajstić information content (AvgIpc) is 2.35. The minimum absolute atomic E-state index is 0.112. The molecule has 0 aromatic heterocycles. The van der Waals surface area contributed by atoms with Crippen LogP contribution in [0.4, 0.5) is 5.69 Å². The fourth-order valence-corrected chi connectivity index (χ4v) is 3.09. The third-order valence-electron chi connectivity index (χ3n) is 2.43. The standard InChI is InChI=1S/C12H16Cl2N2O3S/c1-16(2)12(17)10-5-4-9(14)8-11(10)15-20(18,19)7-3-6-13/h4-5,8,15H,3,6-7H2,1-2H3. The number of nitrogens with one attached hydrogen (secondary N) is 1. The van der Waals surface area contributed by atoms with Crippen molar-refractivity contribution in [1.29, 1.82) is 0 Å². The van der Waals surface area contributed by atoms with E-state index >= 15 is 0 Å². The molecular formula is C12H16Cl2N2O3S. The molecule has 0 heterocycles. The number of hydrogen-bond donors (Lipinski definition) is 1. The van der Waals surface area contributed by atoms with Crippen molar-refractivity contribution in [2.24, 2.45) is 0 Å². The van der Waals surface area contributed by atoms with Crippen molar-refractivity contribution in [3.8, 4) is 0 Å². The number of nitrogens with zero attached hydrogens (tertiary/aromatic N) is 1. The van der Waals surface area contributed by atoms with Crippen molar-refractivity contribution in [2.45, 2.75) is 6.42 Å². The third-order valence-corrected chi connectivity index (χ3v) is 4.29. The zero-order chi connectivity index (χ0) is 15.3. The van der Waals surface area contributed by atoms with Crippen LogP contribution >= 0.6 is 23.2 Å². The topological polar surface area (TPSA) is 66.5 Å². The number of amides is 1. The van der Waals surface area contributed by atoms with Gasteiger partial charge in [-0.2, -0.15) is 0 Å². The summed E-state index contributed by atoms with van der Waals surface area (Å²) in [5.74, 6) is -0.171. The molecule has 5 nitrogen and oxygen atoms in total. The summed E-state index contributed by atoms with van der Waals surface area (Å²) in [4.78, 5) is 13.4. The summed E-state index contributed by atoms with van der Waals surface area (Å²) in [6, 6.07) is 4.44. The lowest BCUT2D eigenvalue weighted by Gasteiger charge is -2.15. The van der Waals surface area contributed by atoms with Crippen molar-refractivity contribution in [3.05, 3.63) is 28.8 Å². The Morgan fingerprint density at radius 3 is 2.55 bits per heavy atom. The van der Waals surface area contributed by atoms with E-state index in [1.807, 2.05) is 0 Å². The van der Waals surface area contributed by atoms with Gasteiger partial charge in [-0.25, -0.2) is 8.42 Å². The summed E-state index contributed by atoms with van der Waals surface area (Å²) in [7, 11) is -0.387. The van der Waals surface area contributed by atoms with Crippen LogP contribution in [0.1, 0.15) is 16.8 Å². The van der Waals surface area contributed by atoms with Gasteiger partial charge in [0, 0.05) is 25.0 Å². The Morgan fingerprint density at radius 2 is 2.00 bits per heavy atom. The number of carbonyl (C=O) groups is 1. The second kappa shape index (κ2) is 7.15. The van der Waals surface area contributed by atoms with Crippen molar-refractivity contribution >= 4 is 44.8 Å². The number of rotatable bonds is 6. The smallest absolute Gasteiger partial charge is 0.255 e. The first kappa shape index (κ1) is 17.1. The molecule has 1 aromatic rings. The first-order valence-electron chi connectivity index (χ1n) is 5.84. The molecule has 1 amide bonds. The summed E-state index contributed by atoms with van der Waals surface area (Å²) in [5, 5.41) is 0.343. The average molecular weight is 339 g/mol. The Balaban J connectivity index is 3.10. The second-order valence-electron chi connectivity index (χ2n) is 4.35. The zero-order valence-corrected chi connectivity index (χ0v) is 13.5. The van der Waals surface area contributed by atoms with Crippen LogP contribution in [-0.2, 0) is 10.0 Å². The van der Waals surface area contributed by atoms with Crippen LogP contribution in [0.3, 0.4) is 0 Å². The molecule has 0 unspecified atom stereocenters. The summed E-state index contributed by atoms with van der Waals surface area (Å²) in [6.45, 7) is 0. The number of alkyl halides is 1. The lowest BCUT2D eigenvalue weighted by molar-refractivity contribution is 0.0828. The highest BCUT2D eigenvalue weighted by Gasteiger charge is 2.18. The van der Waals surface area contributed by atoms with Crippen LogP contribution in [0, 0.1) is 0 Å². The molecular weight excluding hydrogens is 323 g/mol. The van der Waals surface area contributed by atoms with Crippen molar-refractivity contribution in [3.63, 3.8) is 0 Å². The van der Waals surface area contributed by atoms with E-state index in [4.69, 9.17) is 23.2 Å². The van der Waals surface area contributed by atoms with Gasteiger partial charge in [-0.1, -0.05) is 11.6 Å². The molecule has 1 aromatic carbocycles. The van der Waals surface area contributed by atoms with Gasteiger partial charge in [-0.15, -0.1) is 11.6 Å². The molecule has 0 spiro atoms. The molecule has 20 heavy (non-hydrogen) atoms. The molecule has 1 N–H and O–H groups in total. The highest BCUT2D eigenvalue weighted by atomic mass is 35.5. The minimum Gasteiger partial charge on any atom is -0.345 e. The Bertz CT molecular complexity index is 588. The first-order chi connectivity index (χ1) is 9.26. The molecule has 0 fully saturated rings. The van der Waals surface area contributed by atoms with Gasteiger partial charge in [-0.3, -0.25) is 9.52 Å². The van der Waals surface area contributed by atoms with Gasteiger partial charge < -0.3 is 4.90 Å². The lowest BCUT2D eigenvalue weighted by atomic mass is 10.1. The summed E-state index contributed by atoms with van der Waals surface area (Å²) >= 11 is 11.3. The molecule has 0 aliphatic carbocycles. The SMILES string of the molecule is CN(C)C(=O)c1ccc(Cl)cc1NS(=O)(=O)CCCCl. The van der Waals surface area contributed by atoms with Crippen molar-refractivity contribution in [1.82, 2.24) is 4.90 Å². The minimum atomic E-state index is -3.56. The van der Waals surface area contributed by atoms with Gasteiger partial charge in [-0.05, 0) is 24.6 Å². The summed E-state index contributed by atoms with van der Waals surface area (Å²) in [6.07, 6.45) is 0.328. The van der Waals surface area contributed by atoms with Crippen molar-refractivity contribution in [2.75, 3.05) is 30.5 Å². The third kappa shape index (κ3) is 4.85. The Morgan fingerprint density at radius 1 is 1.35 bits per heavy atom. The fourth-order valence-electron chi connectivity index (χ4n) is 1.49. The van der Waals surface area contributed by atoms with Crippen LogP contribution < -0.4 is 4.72 Å². The number of halogens is 2. The maximum atomic E-state index is 12.0. The van der Waals surface area contributed by atoms with Gasteiger partial charge in [0.2, 0.25) is 10.0 Å². The molecule has 0 bridgehead atoms. The van der Waals surface area contributed by atoms with Gasteiger partial charge >= 0.3 is 0 Å². The quantitative estimate of drug-likeness (QED) is 0.810. The second-order valence-corrected chi connectivity index (χ2v) is 7.01. The Hall–Kier alpha value is -0.980. The summed E-state index contributed by atoms with van der Waals surface area (Å²) in [5.41, 5.74) is 0.416. The normalized spacial score (nSPS) is 11.2. The molecule has 0 aliphatic rings. The predicted molar refractivity (Wildman–Crippen MR) is 82.2 cm³/mol. The Kier molecular flexibility index (Phi) is 6.10. The van der Waals surface area contributed by atoms with Gasteiger partial charge in [0.05, 0.1) is 17.0 Å². The number of hydrogen-bond acceptors (Lipinski definition) is 3. The lowest BCUT2D eigenvalue weighted by Crippen LogP contribution is -2.25. The van der Waals surface area contributed by atoms with Crippen LogP contribution in [-0.4, -0.2) is 45.0 Å². The van der Waals surface area contributed by atoms with Gasteiger partial charge in [0.15, 0.2) is 0 Å². The van der Waals surface area contributed by atoms with E-state index in [0.717, 1.165) is 0 Å². The number of sulfonamides is 1. The maximum Gasteiger partial charge on any atom is 0.255 e. The maximum absolute atomic E-state index is 12.0. The van der Waals surface area contributed by atoms with Gasteiger partial charge in [0.1, 0.15) is 0 Å². The zero-order valence-electron chi connectivity index (χ0n) is 11.2. The molecule has 0 atom stereocenters. The van der Waals surface area contributed by atoms with E-state index in [2.05, 4.69) is 4.72 Å². The van der Waals surface area contributed by atoms with Crippen LogP contribution in [0.15, 0.2) is 18.2 Å². The number of carbonyl (C=O) groups excluding carboxylic acids is 1. The highest BCUT2D eigenvalue weighted by molar-refractivity contribution is 7.92. The molecule has 0 saturated carbocycles. The van der Waals surface area contributed by atoms with Crippen LogP contribution in [0.25, 0.3) is 0 Å². The Labute approximate surface area is 128 Å². The van der Waals surface area contributed by atoms with E-state index in [9.17, 15) is 13.2 Å². The number of benzene rings is 1. The van der Waals surface area contributed by atoms with E-state index in [-0.39, 0.29) is 28.8 Å². The van der Waals surface area contributed by atoms with E-state index < -0.39 is 10.0 Å². The monoisotopic (exact) mass is 338 g/mol. The number of anilines is 1. The molecule has 8 heteroatoms. The molecule has 0 aliphatic heterocycles. The van der Waals surface area contributed by atoms with E-state index in [0.29, 0.717) is 11.4 Å². The van der Waals surface area contributed by atoms with E-state index in [1.54, 1.807) is 14.1 Å². The molecule has 112 valence electrons. The molecule has 1 rings (SSSR count). The van der Waals surface area contributed by atoms with E-state index in [1.165, 1.54) is 23.1 Å². The van der Waals surface area contributed by atoms with Crippen LogP contribution in [0.5, 0.6) is 0 Å². The highest BCUT2D eigenvalue weighted by Crippen LogP contribution is 2.23. The first-order valence-corrected chi connectivity index (χ1v) is 8.41. The predicted octanol–water partition coefficient (Wildman–Crippen LogP) is 2.41. The largest absolute Gasteiger partial charge is 0.345 e. The fraction of sp³-hybridized carbons (Fsp3) is 0.417. The molecule has 0 saturated heterocycles. The van der Waals surface area contributed by atoms with Crippen molar-refractivity contribution < 1.29 is 13.2 Å². The molecule has 0 radical (unpaired) electrons. The van der Waals surface area contributed by atoms with Gasteiger partial charge in [0.25, 0.3) is 5.91 Å². The summed E-state index contributed by atoms with van der Waals surface area (Å²) < 4.78 is 26.1. The van der Waals surface area contributed by atoms with Crippen LogP contribution in [0.2, 0.25) is 5.02 Å².